The second-order valence-electron chi connectivity index (χ2n) is 25.6. The molecule has 6 aliphatic rings. The summed E-state index contributed by atoms with van der Waals surface area (Å²) in [5.74, 6) is 0.943. The number of urea groups is 2. The number of carbonyl (C=O) groups is 6. The first-order valence-corrected chi connectivity index (χ1v) is 35.1. The summed E-state index contributed by atoms with van der Waals surface area (Å²) in [7, 11) is 3.22. The van der Waals surface area contributed by atoms with Gasteiger partial charge in [-0.15, -0.1) is 28.4 Å². The van der Waals surface area contributed by atoms with Crippen molar-refractivity contribution in [2.45, 2.75) is 166 Å². The Morgan fingerprint density at radius 3 is 1.56 bits per heavy atom. The lowest BCUT2D eigenvalue weighted by molar-refractivity contribution is -0.150. The molecular weight excluding hydrogens is 1250 g/mol. The fourth-order valence-corrected chi connectivity index (χ4v) is 14.5. The highest BCUT2D eigenvalue weighted by atomic mass is 32.1. The van der Waals surface area contributed by atoms with E-state index in [1.807, 2.05) is 77.5 Å². The zero-order valence-corrected chi connectivity index (χ0v) is 57.0. The van der Waals surface area contributed by atoms with Gasteiger partial charge in [-0.05, 0) is 113 Å². The first kappa shape index (κ1) is 67.8. The van der Waals surface area contributed by atoms with Gasteiger partial charge in [0, 0.05) is 83.6 Å². The van der Waals surface area contributed by atoms with Gasteiger partial charge in [0.1, 0.15) is 79.8 Å². The van der Waals surface area contributed by atoms with Gasteiger partial charge >= 0.3 is 24.0 Å². The maximum atomic E-state index is 14.0. The van der Waals surface area contributed by atoms with E-state index < -0.39 is 53.2 Å². The highest BCUT2D eigenvalue weighted by molar-refractivity contribution is 7.13. The van der Waals surface area contributed by atoms with Gasteiger partial charge in [-0.2, -0.15) is 0 Å². The number of methoxy groups -OCH3 is 2. The number of fused-ring (bicyclic) bond motifs is 6. The minimum Gasteiger partial charge on any atom is -0.497 e. The van der Waals surface area contributed by atoms with Crippen LogP contribution in [0.4, 0.5) is 9.59 Å². The summed E-state index contributed by atoms with van der Waals surface area (Å²) >= 11 is 3.05. The SMILES string of the molecule is CCOC(=O)[C@@]12C[C@H]1/C=C\CCCCCNC(=O)N1C[C@H](Oc3cc(-c4nc(C(C)C)cs4)nc4cc(OC)ccc34)C[C@H]1C(=O)N2.CCOC(=O)[C@@]12C[C@H]1C=C=CCCCCCNC(=O)N1C[C@H](Oc3cc(-c4nc(C(C)C)cs4)nc4cc(OC)ccc34)C[C@H]1C(=O)N2. The van der Waals surface area contributed by atoms with Crippen LogP contribution in [0, 0.1) is 11.8 Å². The summed E-state index contributed by atoms with van der Waals surface area (Å²) in [6.07, 6.45) is 15.5. The molecule has 2 saturated carbocycles. The molecule has 0 unspecified atom stereocenters. The number of benzene rings is 2. The number of aromatic nitrogens is 4. The van der Waals surface area contributed by atoms with E-state index in [1.54, 1.807) is 28.1 Å². The summed E-state index contributed by atoms with van der Waals surface area (Å²) in [6, 6.07) is 12.6. The fourth-order valence-electron chi connectivity index (χ4n) is 12.7. The van der Waals surface area contributed by atoms with Gasteiger partial charge in [-0.1, -0.05) is 52.7 Å². The molecule has 95 heavy (non-hydrogen) atoms. The smallest absolute Gasteiger partial charge is 0.332 e. The third-order valence-corrected chi connectivity index (χ3v) is 20.0. The van der Waals surface area contributed by atoms with Crippen molar-refractivity contribution >= 4 is 80.3 Å². The highest BCUT2D eigenvalue weighted by Gasteiger charge is 2.63. The van der Waals surface area contributed by atoms with Gasteiger partial charge in [0.15, 0.2) is 0 Å². The standard InChI is InChI=1S/C36H43N5O6S.C35H43N5O6S/c1-5-46-34(43)36-19-23(36)12-10-8-6-7-9-11-15-37-35(44)41-20-25(17-30(41)32(42)40-36)47-31-18-28(33-39-29(21-48-33)22(2)3)38-27-16-24(45-4)13-14-26(27)31;1-5-45-33(42)35-18-22(35)11-9-7-6-8-10-14-36-34(43)40-19-24(16-29(40)31(41)39-35)46-30-17-27(32-38-28(20-47-32)21(2)3)37-26-15-23(44-4)12-13-25(26)30/h8,12-14,16,18,21-23,25,30H,5-7,9,11,15,17,19-20H2,1-4H3,(H,37,44)(H,40,42);9,11-13,15,17,20-22,24,29H,5-8,10,14,16,18-19H2,1-4H3,(H,36,43)(H,39,41)/b;11-9-/t10?,23-,25-,30+,36-;22-,24-,29+,35-/m11/s1. The zero-order valence-electron chi connectivity index (χ0n) is 55.3. The van der Waals surface area contributed by atoms with Crippen molar-refractivity contribution < 1.29 is 57.2 Å². The second kappa shape index (κ2) is 30.0. The third kappa shape index (κ3) is 15.4. The topological polar surface area (TPSA) is 264 Å². The summed E-state index contributed by atoms with van der Waals surface area (Å²) in [5, 5.41) is 19.2. The Morgan fingerprint density at radius 1 is 0.621 bits per heavy atom. The molecule has 8 heterocycles. The molecule has 0 bridgehead atoms. The largest absolute Gasteiger partial charge is 0.497 e. The molecule has 4 fully saturated rings. The predicted octanol–water partition coefficient (Wildman–Crippen LogP) is 11.3. The van der Waals surface area contributed by atoms with Crippen LogP contribution in [0.25, 0.3) is 43.2 Å². The molecule has 8 atom stereocenters. The number of allylic oxidation sites excluding steroid dienone is 1. The van der Waals surface area contributed by atoms with Crippen LogP contribution in [-0.4, -0.2) is 155 Å². The number of nitrogens with one attached hydrogen (secondary N) is 4. The van der Waals surface area contributed by atoms with Crippen LogP contribution in [-0.2, 0) is 28.7 Å². The maximum absolute atomic E-state index is 14.0. The van der Waals surface area contributed by atoms with Crippen molar-refractivity contribution in [2.75, 3.05) is 53.6 Å². The summed E-state index contributed by atoms with van der Waals surface area (Å²) in [4.78, 5) is 104. The summed E-state index contributed by atoms with van der Waals surface area (Å²) in [5.41, 5.74) is 5.59. The quantitative estimate of drug-likeness (QED) is 0.0449. The molecule has 6 aromatic rings. The van der Waals surface area contributed by atoms with E-state index in [2.05, 4.69) is 60.8 Å². The molecule has 2 aliphatic carbocycles. The van der Waals surface area contributed by atoms with E-state index in [9.17, 15) is 28.8 Å². The Bertz CT molecular complexity index is 3920. The van der Waals surface area contributed by atoms with Crippen LogP contribution >= 0.6 is 22.7 Å². The van der Waals surface area contributed by atoms with Crippen LogP contribution in [0.5, 0.6) is 23.0 Å². The first-order valence-electron chi connectivity index (χ1n) is 33.3. The summed E-state index contributed by atoms with van der Waals surface area (Å²) in [6.45, 7) is 13.7. The van der Waals surface area contributed by atoms with Gasteiger partial charge in [0.05, 0.1) is 62.9 Å². The number of ether oxygens (including phenoxy) is 6. The van der Waals surface area contributed by atoms with E-state index in [4.69, 9.17) is 48.4 Å². The number of hydrogen-bond donors (Lipinski definition) is 4. The van der Waals surface area contributed by atoms with E-state index in [0.717, 1.165) is 83.5 Å². The van der Waals surface area contributed by atoms with Crippen LogP contribution < -0.4 is 40.2 Å². The van der Waals surface area contributed by atoms with Crippen LogP contribution in [0.1, 0.15) is 142 Å². The number of thiazole rings is 2. The van der Waals surface area contributed by atoms with Crippen LogP contribution in [0.15, 0.2) is 89.3 Å². The van der Waals surface area contributed by atoms with Gasteiger partial charge < -0.3 is 59.5 Å². The van der Waals surface area contributed by atoms with Gasteiger partial charge in [-0.25, -0.2) is 39.1 Å². The Balaban J connectivity index is 0.000000193. The number of rotatable bonds is 14. The summed E-state index contributed by atoms with van der Waals surface area (Å²) < 4.78 is 35.0. The molecule has 0 radical (unpaired) electrons. The number of amides is 6. The highest BCUT2D eigenvalue weighted by Crippen LogP contribution is 2.48. The molecule has 0 spiro atoms. The van der Waals surface area contributed by atoms with Crippen molar-refractivity contribution in [3.8, 4) is 44.4 Å². The lowest BCUT2D eigenvalue weighted by atomic mass is 10.1. The van der Waals surface area contributed by atoms with Crippen molar-refractivity contribution in [1.82, 2.24) is 51.0 Å². The average Bonchev–Trinajstić information content (AvgIpc) is 1.60. The molecule has 4 N–H and O–H groups in total. The molecule has 6 amide bonds. The normalized spacial score (nSPS) is 25.0. The van der Waals surface area contributed by atoms with Crippen LogP contribution in [0.2, 0.25) is 0 Å². The maximum Gasteiger partial charge on any atom is 0.332 e. The molecule has 2 aromatic carbocycles. The minimum atomic E-state index is -1.18. The molecule has 24 heteroatoms. The second-order valence-corrected chi connectivity index (χ2v) is 27.4. The Morgan fingerprint density at radius 2 is 1.09 bits per heavy atom. The fraction of sp³-hybridized carbons (Fsp3) is 0.507. The predicted molar refractivity (Wildman–Crippen MR) is 363 cm³/mol. The van der Waals surface area contributed by atoms with Crippen molar-refractivity contribution in [1.29, 1.82) is 0 Å². The van der Waals surface area contributed by atoms with Crippen molar-refractivity contribution in [2.24, 2.45) is 11.8 Å². The molecule has 504 valence electrons. The molecule has 12 rings (SSSR count). The monoisotopic (exact) mass is 1330 g/mol. The molecule has 4 aromatic heterocycles. The molecular formula is C71H86N10O12S2. The molecule has 22 nitrogen and oxygen atoms in total. The van der Waals surface area contributed by atoms with Gasteiger partial charge in [0.2, 0.25) is 11.8 Å². The number of hydrogen-bond acceptors (Lipinski definition) is 18. The van der Waals surface area contributed by atoms with E-state index in [1.165, 1.54) is 32.5 Å². The molecule has 4 aliphatic heterocycles. The van der Waals surface area contributed by atoms with E-state index in [0.29, 0.717) is 71.4 Å². The number of nitrogens with zero attached hydrogens (tertiary/aromatic N) is 6. The van der Waals surface area contributed by atoms with E-state index >= 15 is 0 Å². The van der Waals surface area contributed by atoms with Crippen LogP contribution in [0.3, 0.4) is 0 Å². The Kier molecular flexibility index (Phi) is 21.4. The zero-order chi connectivity index (χ0) is 67.0. The van der Waals surface area contributed by atoms with Crippen molar-refractivity contribution in [3.05, 3.63) is 101 Å². The first-order chi connectivity index (χ1) is 45.9. The molecule has 2 saturated heterocycles. The third-order valence-electron chi connectivity index (χ3n) is 18.3. The number of carbonyl (C=O) groups excluding carboxylic acids is 6. The lowest BCUT2D eigenvalue weighted by Gasteiger charge is -2.26. The van der Waals surface area contributed by atoms with Crippen molar-refractivity contribution in [3.63, 3.8) is 0 Å². The van der Waals surface area contributed by atoms with E-state index in [-0.39, 0.29) is 80.8 Å². The minimum absolute atomic E-state index is 0.146. The number of pyridine rings is 2. The number of esters is 2. The van der Waals surface area contributed by atoms with Gasteiger partial charge in [0.25, 0.3) is 0 Å². The van der Waals surface area contributed by atoms with Gasteiger partial charge in [-0.3, -0.25) is 9.59 Å². The Labute approximate surface area is 562 Å². The lowest BCUT2D eigenvalue weighted by Crippen LogP contribution is -2.54. The average molecular weight is 1340 g/mol. The Hall–Kier alpha value is -8.60.